The van der Waals surface area contributed by atoms with E-state index in [1.54, 1.807) is 0 Å². The average molecular weight is 86.0 g/mol. The van der Waals surface area contributed by atoms with E-state index in [-0.39, 0.29) is 6.29 Å². The van der Waals surface area contributed by atoms with Crippen LogP contribution in [0.3, 0.4) is 0 Å². The summed E-state index contributed by atoms with van der Waals surface area (Å²) in [6.45, 7) is 0. The summed E-state index contributed by atoms with van der Waals surface area (Å²) in [5.74, 6) is 0.0752. The molecule has 0 rings (SSSR count). The smallest absolute Gasteiger partial charge is 0.241 e. The number of aliphatic hydroxyl groups excluding tert-OH is 1. The molecule has 0 aromatic carbocycles. The van der Waals surface area contributed by atoms with E-state index in [0.717, 1.165) is 5.94 Å². The summed E-state index contributed by atoms with van der Waals surface area (Å²) in [6.07, 6.45) is 0.0208. The average Bonchev–Trinajstić information content (AvgIpc) is 1.65. The topological polar surface area (TPSA) is 54.4 Å². The van der Waals surface area contributed by atoms with E-state index in [1.165, 1.54) is 0 Å². The summed E-state index contributed by atoms with van der Waals surface area (Å²) < 4.78 is 0. The summed E-state index contributed by atoms with van der Waals surface area (Å²) in [5, 5.41) is 7.79. The highest BCUT2D eigenvalue weighted by molar-refractivity contribution is 5.81. The van der Waals surface area contributed by atoms with Gasteiger partial charge in [-0.25, -0.2) is 4.79 Å². The van der Waals surface area contributed by atoms with Gasteiger partial charge in [0.25, 0.3) is 0 Å². The van der Waals surface area contributed by atoms with Crippen molar-refractivity contribution in [2.75, 3.05) is 0 Å². The molecule has 0 unspecified atom stereocenters. The summed E-state index contributed by atoms with van der Waals surface area (Å²) >= 11 is 0. The second-order valence-electron chi connectivity index (χ2n) is 0.605. The fourth-order valence-corrected chi connectivity index (χ4v) is 0.0241. The van der Waals surface area contributed by atoms with E-state index < -0.39 is 5.76 Å². The van der Waals surface area contributed by atoms with E-state index in [9.17, 15) is 4.79 Å². The van der Waals surface area contributed by atoms with Crippen LogP contribution in [0.1, 0.15) is 0 Å². The van der Waals surface area contributed by atoms with Crippen LogP contribution in [-0.2, 0) is 9.59 Å². The molecule has 3 heteroatoms. The second-order valence-corrected chi connectivity index (χ2v) is 0.605. The van der Waals surface area contributed by atoms with E-state index in [4.69, 9.17) is 9.90 Å². The molecule has 0 aliphatic rings. The van der Waals surface area contributed by atoms with E-state index >= 15 is 0 Å². The number of allylic oxidation sites excluding steroid dienone is 1. The Labute approximate surface area is 33.9 Å². The Bertz CT molecular complexity index is 98.6. The molecule has 0 atom stereocenters. The van der Waals surface area contributed by atoms with Gasteiger partial charge in [-0.15, -0.1) is 0 Å². The maximum atomic E-state index is 9.19. The summed E-state index contributed by atoms with van der Waals surface area (Å²) in [7, 11) is 0. The van der Waals surface area contributed by atoms with Crippen molar-refractivity contribution < 1.29 is 14.7 Å². The van der Waals surface area contributed by atoms with Gasteiger partial charge in [-0.3, -0.25) is 4.79 Å². The van der Waals surface area contributed by atoms with Crippen LogP contribution in [0.5, 0.6) is 0 Å². The highest BCUT2D eigenvalue weighted by Gasteiger charge is 1.79. The first-order valence-corrected chi connectivity index (χ1v) is 1.20. The van der Waals surface area contributed by atoms with Gasteiger partial charge in [0.15, 0.2) is 12.2 Å². The fourth-order valence-electron chi connectivity index (χ4n) is 0.0241. The molecule has 32 valence electrons. The van der Waals surface area contributed by atoms with Gasteiger partial charge in [-0.2, -0.15) is 0 Å². The third-order valence-corrected chi connectivity index (χ3v) is 0.216. The first-order valence-electron chi connectivity index (χ1n) is 1.20. The summed E-state index contributed by atoms with van der Waals surface area (Å²) in [6, 6.07) is 0. The highest BCUT2D eigenvalue weighted by Crippen LogP contribution is 1.62. The fraction of sp³-hybridized carbons (Fsp3) is 0. The predicted octanol–water partition coefficient (Wildman–Crippen LogP) is -0.541. The Morgan fingerprint density at radius 1 is 1.83 bits per heavy atom. The van der Waals surface area contributed by atoms with Crippen LogP contribution in [-0.4, -0.2) is 17.3 Å². The van der Waals surface area contributed by atoms with E-state index in [2.05, 4.69) is 0 Å². The number of aldehydes is 1. The van der Waals surface area contributed by atoms with Gasteiger partial charge < -0.3 is 5.11 Å². The Kier molecular flexibility index (Phi) is 1.78. The number of aliphatic hydroxyl groups is 1. The van der Waals surface area contributed by atoms with E-state index in [1.807, 2.05) is 0 Å². The molecule has 0 radical (unpaired) electrons. The molecule has 1 N–H and O–H groups in total. The Balaban J connectivity index is 3.86. The van der Waals surface area contributed by atoms with Crippen LogP contribution in [0.2, 0.25) is 0 Å². The molecule has 0 spiro atoms. The van der Waals surface area contributed by atoms with Gasteiger partial charge in [0, 0.05) is 0 Å². The largest absolute Gasteiger partial charge is 0.497 e. The maximum Gasteiger partial charge on any atom is 0.241 e. The molecule has 6 heavy (non-hydrogen) atoms. The number of hydrogen-bond acceptors (Lipinski definition) is 3. The zero-order chi connectivity index (χ0) is 4.99. The molecule has 0 saturated carbocycles. The van der Waals surface area contributed by atoms with Crippen LogP contribution in [0.15, 0.2) is 5.76 Å². The van der Waals surface area contributed by atoms with Crippen molar-refractivity contribution in [3.63, 3.8) is 0 Å². The van der Waals surface area contributed by atoms with Gasteiger partial charge >= 0.3 is 0 Å². The summed E-state index contributed by atoms with van der Waals surface area (Å²) in [5.41, 5.74) is 0. The minimum atomic E-state index is -0.894. The molecular formula is C3H2O3. The maximum absolute atomic E-state index is 9.19. The van der Waals surface area contributed by atoms with Crippen molar-refractivity contribution in [1.82, 2.24) is 0 Å². The van der Waals surface area contributed by atoms with Crippen molar-refractivity contribution in [2.24, 2.45) is 0 Å². The van der Waals surface area contributed by atoms with E-state index in [0.29, 0.717) is 0 Å². The zero-order valence-corrected chi connectivity index (χ0v) is 2.84. The second kappa shape index (κ2) is 2.18. The zero-order valence-electron chi connectivity index (χ0n) is 2.84. The van der Waals surface area contributed by atoms with Gasteiger partial charge in [0.1, 0.15) is 0 Å². The Morgan fingerprint density at radius 2 is 2.33 bits per heavy atom. The number of carbonyl (C=O) groups excluding carboxylic acids is 2. The quantitative estimate of drug-likeness (QED) is 0.202. The molecular weight excluding hydrogens is 84.0 g/mol. The first kappa shape index (κ1) is 4.92. The normalized spacial score (nSPS) is 6.00. The van der Waals surface area contributed by atoms with Crippen molar-refractivity contribution in [1.29, 1.82) is 0 Å². The van der Waals surface area contributed by atoms with Gasteiger partial charge in [0.05, 0.1) is 0 Å². The lowest BCUT2D eigenvalue weighted by Gasteiger charge is -1.65. The van der Waals surface area contributed by atoms with Crippen molar-refractivity contribution in [3.05, 3.63) is 5.76 Å². The van der Waals surface area contributed by atoms with Crippen molar-refractivity contribution >= 4 is 12.2 Å². The molecule has 0 aromatic rings. The Morgan fingerprint density at radius 3 is 2.33 bits per heavy atom. The predicted molar refractivity (Wildman–Crippen MR) is 17.9 cm³/mol. The SMILES string of the molecule is O=C=C(O)C=O. The standard InChI is InChI=1S/C3H2O3/c4-1-3(6)2-5/h1,6H. The lowest BCUT2D eigenvalue weighted by atomic mass is 10.6. The van der Waals surface area contributed by atoms with Gasteiger partial charge in [-0.05, 0) is 0 Å². The minimum absolute atomic E-state index is 0.0208. The summed E-state index contributed by atoms with van der Waals surface area (Å²) in [4.78, 5) is 18.3. The van der Waals surface area contributed by atoms with Crippen LogP contribution >= 0.6 is 0 Å². The molecule has 0 fully saturated rings. The van der Waals surface area contributed by atoms with Crippen LogP contribution in [0, 0.1) is 0 Å². The monoisotopic (exact) mass is 86.0 g/mol. The highest BCUT2D eigenvalue weighted by atomic mass is 16.3. The number of hydrogen-bond donors (Lipinski definition) is 1. The van der Waals surface area contributed by atoms with Crippen molar-refractivity contribution in [3.8, 4) is 0 Å². The lowest BCUT2D eigenvalue weighted by Crippen LogP contribution is -1.78. The van der Waals surface area contributed by atoms with Crippen LogP contribution < -0.4 is 0 Å². The minimum Gasteiger partial charge on any atom is -0.497 e. The first-order chi connectivity index (χ1) is 2.81. The molecule has 0 saturated heterocycles. The Hall–Kier alpha value is -1.08. The van der Waals surface area contributed by atoms with Gasteiger partial charge in [0.2, 0.25) is 5.76 Å². The lowest BCUT2D eigenvalue weighted by molar-refractivity contribution is -0.106. The van der Waals surface area contributed by atoms with Crippen molar-refractivity contribution in [2.45, 2.75) is 0 Å². The third-order valence-electron chi connectivity index (χ3n) is 0.216. The molecule has 0 heterocycles. The van der Waals surface area contributed by atoms with Gasteiger partial charge in [-0.1, -0.05) is 0 Å². The third kappa shape index (κ3) is 1.26. The number of rotatable bonds is 1. The molecule has 0 aromatic heterocycles. The van der Waals surface area contributed by atoms with Crippen LogP contribution in [0.4, 0.5) is 0 Å². The number of carbonyl (C=O) groups is 1. The molecule has 0 aliphatic heterocycles. The molecule has 3 nitrogen and oxygen atoms in total. The molecule has 0 bridgehead atoms. The molecule has 0 amide bonds. The molecule has 0 aliphatic carbocycles. The van der Waals surface area contributed by atoms with Crippen LogP contribution in [0.25, 0.3) is 0 Å².